The topological polar surface area (TPSA) is 54.4 Å². The van der Waals surface area contributed by atoms with E-state index in [-0.39, 0.29) is 24.6 Å². The van der Waals surface area contributed by atoms with E-state index in [9.17, 15) is 9.59 Å². The normalized spacial score (nSPS) is 22.8. The first-order valence-corrected chi connectivity index (χ1v) is 4.29. The summed E-state index contributed by atoms with van der Waals surface area (Å²) < 4.78 is 0. The minimum absolute atomic E-state index is 0.00667. The van der Waals surface area contributed by atoms with Crippen molar-refractivity contribution in [3.05, 3.63) is 0 Å². The van der Waals surface area contributed by atoms with Crippen LogP contribution >= 0.6 is 0 Å². The van der Waals surface area contributed by atoms with Crippen LogP contribution in [0.1, 0.15) is 32.6 Å². The van der Waals surface area contributed by atoms with Crippen LogP contribution in [0, 0.1) is 5.41 Å². The molecule has 3 heteroatoms. The van der Waals surface area contributed by atoms with Gasteiger partial charge in [-0.1, -0.05) is 0 Å². The predicted octanol–water partition coefficient (Wildman–Crippen LogP) is 0.697. The van der Waals surface area contributed by atoms with Crippen LogP contribution in [-0.4, -0.2) is 23.3 Å². The van der Waals surface area contributed by atoms with Crippen LogP contribution in [0.4, 0.5) is 0 Å². The van der Waals surface area contributed by atoms with Crippen molar-refractivity contribution in [3.8, 4) is 0 Å². The average Bonchev–Trinajstić information content (AvgIpc) is 2.02. The van der Waals surface area contributed by atoms with Crippen molar-refractivity contribution in [2.24, 2.45) is 5.41 Å². The monoisotopic (exact) mass is 170 g/mol. The first-order valence-electron chi connectivity index (χ1n) is 4.29. The zero-order valence-electron chi connectivity index (χ0n) is 7.30. The van der Waals surface area contributed by atoms with E-state index < -0.39 is 5.41 Å². The number of hydrogen-bond acceptors (Lipinski definition) is 3. The Labute approximate surface area is 71.8 Å². The Morgan fingerprint density at radius 3 is 2.25 bits per heavy atom. The van der Waals surface area contributed by atoms with Crippen molar-refractivity contribution >= 4 is 11.6 Å². The lowest BCUT2D eigenvalue weighted by atomic mass is 9.71. The summed E-state index contributed by atoms with van der Waals surface area (Å²) >= 11 is 0. The number of Topliss-reactive ketones (excluding diaryl/α,β-unsaturated/α-hetero) is 2. The third-order valence-electron chi connectivity index (χ3n) is 2.65. The molecule has 0 bridgehead atoms. The summed E-state index contributed by atoms with van der Waals surface area (Å²) in [5, 5.41) is 8.71. The van der Waals surface area contributed by atoms with Gasteiger partial charge >= 0.3 is 0 Å². The van der Waals surface area contributed by atoms with Gasteiger partial charge in [-0.15, -0.1) is 0 Å². The third kappa shape index (κ3) is 1.41. The summed E-state index contributed by atoms with van der Waals surface area (Å²) in [5.74, 6) is -0.0133. The fourth-order valence-corrected chi connectivity index (χ4v) is 1.62. The van der Waals surface area contributed by atoms with E-state index in [0.29, 0.717) is 19.3 Å². The number of rotatable bonds is 2. The van der Waals surface area contributed by atoms with Crippen LogP contribution in [0.5, 0.6) is 0 Å². The van der Waals surface area contributed by atoms with Crippen molar-refractivity contribution < 1.29 is 14.7 Å². The van der Waals surface area contributed by atoms with Crippen LogP contribution < -0.4 is 0 Å². The minimum Gasteiger partial charge on any atom is -0.396 e. The summed E-state index contributed by atoms with van der Waals surface area (Å²) in [4.78, 5) is 22.8. The maximum absolute atomic E-state index is 11.4. The molecule has 0 radical (unpaired) electrons. The summed E-state index contributed by atoms with van der Waals surface area (Å²) in [6.45, 7) is 1.56. The van der Waals surface area contributed by atoms with Gasteiger partial charge < -0.3 is 5.11 Å². The molecular weight excluding hydrogens is 156 g/mol. The maximum atomic E-state index is 11.4. The van der Waals surface area contributed by atoms with E-state index in [1.54, 1.807) is 6.92 Å². The van der Waals surface area contributed by atoms with Gasteiger partial charge in [-0.3, -0.25) is 9.59 Å². The highest BCUT2D eigenvalue weighted by Gasteiger charge is 2.41. The lowest BCUT2D eigenvalue weighted by molar-refractivity contribution is -0.143. The van der Waals surface area contributed by atoms with Crippen molar-refractivity contribution in [2.75, 3.05) is 6.61 Å². The van der Waals surface area contributed by atoms with Gasteiger partial charge in [0.15, 0.2) is 0 Å². The summed E-state index contributed by atoms with van der Waals surface area (Å²) in [5.41, 5.74) is -0.882. The first kappa shape index (κ1) is 9.39. The van der Waals surface area contributed by atoms with Gasteiger partial charge in [-0.05, 0) is 19.8 Å². The Kier molecular flexibility index (Phi) is 2.62. The largest absolute Gasteiger partial charge is 0.396 e. The highest BCUT2D eigenvalue weighted by molar-refractivity contribution is 6.08. The molecule has 0 heterocycles. The van der Waals surface area contributed by atoms with Gasteiger partial charge in [0.05, 0.1) is 5.41 Å². The molecular formula is C9H14O3. The molecule has 0 aromatic heterocycles. The van der Waals surface area contributed by atoms with Crippen molar-refractivity contribution in [1.29, 1.82) is 0 Å². The molecule has 0 aromatic rings. The quantitative estimate of drug-likeness (QED) is 0.620. The first-order chi connectivity index (χ1) is 5.61. The third-order valence-corrected chi connectivity index (χ3v) is 2.65. The molecule has 1 saturated carbocycles. The van der Waals surface area contributed by atoms with Gasteiger partial charge in [0.2, 0.25) is 0 Å². The van der Waals surface area contributed by atoms with E-state index in [1.807, 2.05) is 0 Å². The fourth-order valence-electron chi connectivity index (χ4n) is 1.62. The molecule has 0 saturated heterocycles. The van der Waals surface area contributed by atoms with Gasteiger partial charge in [-0.25, -0.2) is 0 Å². The van der Waals surface area contributed by atoms with Crippen molar-refractivity contribution in [1.82, 2.24) is 0 Å². The fraction of sp³-hybridized carbons (Fsp3) is 0.778. The molecule has 12 heavy (non-hydrogen) atoms. The van der Waals surface area contributed by atoms with E-state index in [2.05, 4.69) is 0 Å². The van der Waals surface area contributed by atoms with Gasteiger partial charge in [0, 0.05) is 19.4 Å². The van der Waals surface area contributed by atoms with Crippen LogP contribution in [0.15, 0.2) is 0 Å². The Morgan fingerprint density at radius 2 is 1.83 bits per heavy atom. The van der Waals surface area contributed by atoms with E-state index in [0.717, 1.165) is 0 Å². The van der Waals surface area contributed by atoms with Crippen molar-refractivity contribution in [2.45, 2.75) is 32.6 Å². The number of aliphatic hydroxyl groups is 1. The molecule has 1 aliphatic carbocycles. The number of ketones is 2. The molecule has 3 nitrogen and oxygen atoms in total. The molecule has 0 amide bonds. The second-order valence-corrected chi connectivity index (χ2v) is 3.51. The molecule has 1 rings (SSSR count). The van der Waals surface area contributed by atoms with Crippen molar-refractivity contribution in [3.63, 3.8) is 0 Å². The van der Waals surface area contributed by atoms with E-state index in [4.69, 9.17) is 5.11 Å². The zero-order chi connectivity index (χ0) is 9.19. The second kappa shape index (κ2) is 3.35. The van der Waals surface area contributed by atoms with Gasteiger partial charge in [0.25, 0.3) is 0 Å². The molecule has 1 aliphatic rings. The number of carbonyl (C=O) groups excluding carboxylic acids is 2. The summed E-state index contributed by atoms with van der Waals surface area (Å²) in [7, 11) is 0. The molecule has 0 aliphatic heterocycles. The molecule has 0 aromatic carbocycles. The standard InChI is InChI=1S/C9H14O3/c1-9(5-6-10)7(11)3-2-4-8(9)12/h10H,2-6H2,1H3. The minimum atomic E-state index is -0.882. The van der Waals surface area contributed by atoms with E-state index >= 15 is 0 Å². The number of hydrogen-bond donors (Lipinski definition) is 1. The second-order valence-electron chi connectivity index (χ2n) is 3.51. The maximum Gasteiger partial charge on any atom is 0.146 e. The molecule has 1 N–H and O–H groups in total. The molecule has 1 fully saturated rings. The summed E-state index contributed by atoms with van der Waals surface area (Å²) in [6.07, 6.45) is 1.94. The van der Waals surface area contributed by atoms with Crippen LogP contribution in [0.25, 0.3) is 0 Å². The Bertz CT molecular complexity index is 192. The average molecular weight is 170 g/mol. The van der Waals surface area contributed by atoms with Crippen LogP contribution in [0.2, 0.25) is 0 Å². The van der Waals surface area contributed by atoms with Crippen LogP contribution in [0.3, 0.4) is 0 Å². The number of aliphatic hydroxyl groups excluding tert-OH is 1. The van der Waals surface area contributed by atoms with Gasteiger partial charge in [-0.2, -0.15) is 0 Å². The lowest BCUT2D eigenvalue weighted by Gasteiger charge is -2.29. The zero-order valence-corrected chi connectivity index (χ0v) is 7.30. The SMILES string of the molecule is CC1(CCO)C(=O)CCCC1=O. The highest BCUT2D eigenvalue weighted by Crippen LogP contribution is 2.32. The Balaban J connectivity index is 2.80. The molecule has 0 spiro atoms. The number of carbonyl (C=O) groups is 2. The molecule has 68 valence electrons. The smallest absolute Gasteiger partial charge is 0.146 e. The van der Waals surface area contributed by atoms with Gasteiger partial charge in [0.1, 0.15) is 11.6 Å². The predicted molar refractivity (Wildman–Crippen MR) is 43.7 cm³/mol. The highest BCUT2D eigenvalue weighted by atomic mass is 16.3. The summed E-state index contributed by atoms with van der Waals surface area (Å²) in [6, 6.07) is 0. The molecule has 0 atom stereocenters. The van der Waals surface area contributed by atoms with E-state index in [1.165, 1.54) is 0 Å². The molecule has 0 unspecified atom stereocenters. The Hall–Kier alpha value is -0.700. The Morgan fingerprint density at radius 1 is 1.33 bits per heavy atom. The van der Waals surface area contributed by atoms with Crippen LogP contribution in [-0.2, 0) is 9.59 Å². The lowest BCUT2D eigenvalue weighted by Crippen LogP contribution is -2.40.